The van der Waals surface area contributed by atoms with Gasteiger partial charge in [0.05, 0.1) is 6.61 Å². The van der Waals surface area contributed by atoms with Crippen LogP contribution in [0, 0.1) is 23.7 Å². The van der Waals surface area contributed by atoms with Gasteiger partial charge in [0.25, 0.3) is 0 Å². The van der Waals surface area contributed by atoms with Gasteiger partial charge < -0.3 is 4.74 Å². The van der Waals surface area contributed by atoms with Crippen LogP contribution in [0.1, 0.15) is 64.7 Å². The molecular formula is C18H32O. The van der Waals surface area contributed by atoms with Gasteiger partial charge in [-0.1, -0.05) is 38.7 Å². The summed E-state index contributed by atoms with van der Waals surface area (Å²) in [7, 11) is 0. The average molecular weight is 264 g/mol. The molecule has 2 saturated carbocycles. The van der Waals surface area contributed by atoms with Gasteiger partial charge in [-0.15, -0.1) is 6.58 Å². The lowest BCUT2D eigenvalue weighted by molar-refractivity contribution is 0.112. The van der Waals surface area contributed by atoms with Gasteiger partial charge in [0, 0.05) is 6.61 Å². The zero-order valence-corrected chi connectivity index (χ0v) is 12.8. The van der Waals surface area contributed by atoms with Crippen molar-refractivity contribution < 1.29 is 4.74 Å². The third-order valence-corrected chi connectivity index (χ3v) is 5.52. The molecule has 0 bridgehead atoms. The van der Waals surface area contributed by atoms with Crippen molar-refractivity contribution in [1.82, 2.24) is 0 Å². The van der Waals surface area contributed by atoms with E-state index in [4.69, 9.17) is 4.74 Å². The first kappa shape index (κ1) is 15.1. The Hall–Kier alpha value is -0.300. The van der Waals surface area contributed by atoms with Crippen LogP contribution in [0.3, 0.4) is 0 Å². The van der Waals surface area contributed by atoms with E-state index in [0.29, 0.717) is 0 Å². The van der Waals surface area contributed by atoms with Crippen LogP contribution in [0.25, 0.3) is 0 Å². The second-order valence-electron chi connectivity index (χ2n) is 6.95. The molecule has 0 amide bonds. The molecular weight excluding hydrogens is 232 g/mol. The van der Waals surface area contributed by atoms with Crippen molar-refractivity contribution in [2.45, 2.75) is 64.7 Å². The number of ether oxygens (including phenoxy) is 1. The van der Waals surface area contributed by atoms with Crippen molar-refractivity contribution in [2.24, 2.45) is 23.7 Å². The molecule has 0 saturated heterocycles. The van der Waals surface area contributed by atoms with Crippen LogP contribution in [0.15, 0.2) is 12.7 Å². The van der Waals surface area contributed by atoms with Crippen LogP contribution < -0.4 is 0 Å². The monoisotopic (exact) mass is 264 g/mol. The Kier molecular flexibility index (Phi) is 6.43. The van der Waals surface area contributed by atoms with Crippen LogP contribution in [-0.4, -0.2) is 13.2 Å². The Bertz CT molecular complexity index is 244. The molecule has 0 atom stereocenters. The molecule has 0 aliphatic heterocycles. The Morgan fingerprint density at radius 1 is 0.947 bits per heavy atom. The third-order valence-electron chi connectivity index (χ3n) is 5.52. The highest BCUT2D eigenvalue weighted by Gasteiger charge is 2.29. The van der Waals surface area contributed by atoms with Crippen molar-refractivity contribution in [3.05, 3.63) is 12.7 Å². The SMILES string of the molecule is C=CCOCCC1CCC(C2CCC(C)CC2)CC1. The summed E-state index contributed by atoms with van der Waals surface area (Å²) in [6.07, 6.45) is 15.0. The molecule has 0 N–H and O–H groups in total. The molecule has 0 unspecified atom stereocenters. The van der Waals surface area contributed by atoms with Gasteiger partial charge in [0.2, 0.25) is 0 Å². The topological polar surface area (TPSA) is 9.23 Å². The predicted octanol–water partition coefficient (Wildman–Crippen LogP) is 5.21. The van der Waals surface area contributed by atoms with Gasteiger partial charge in [0.15, 0.2) is 0 Å². The standard InChI is InChI=1S/C18H32O/c1-3-13-19-14-12-16-6-10-18(11-7-16)17-8-4-15(2)5-9-17/h3,15-18H,1,4-14H2,2H3. The zero-order chi connectivity index (χ0) is 13.5. The van der Waals surface area contributed by atoms with Crippen molar-refractivity contribution >= 4 is 0 Å². The fraction of sp³-hybridized carbons (Fsp3) is 0.889. The fourth-order valence-corrected chi connectivity index (χ4v) is 4.12. The molecule has 19 heavy (non-hydrogen) atoms. The lowest BCUT2D eigenvalue weighted by atomic mass is 9.69. The Morgan fingerprint density at radius 3 is 2.11 bits per heavy atom. The van der Waals surface area contributed by atoms with Gasteiger partial charge >= 0.3 is 0 Å². The Balaban J connectivity index is 1.61. The molecule has 0 spiro atoms. The first-order valence-corrected chi connectivity index (χ1v) is 8.48. The molecule has 0 aromatic carbocycles. The second-order valence-corrected chi connectivity index (χ2v) is 6.95. The molecule has 2 aliphatic carbocycles. The lowest BCUT2D eigenvalue weighted by Crippen LogP contribution is -2.25. The van der Waals surface area contributed by atoms with Crippen molar-refractivity contribution in [2.75, 3.05) is 13.2 Å². The minimum atomic E-state index is 0.718. The summed E-state index contributed by atoms with van der Waals surface area (Å²) in [5, 5.41) is 0. The summed E-state index contributed by atoms with van der Waals surface area (Å²) in [6.45, 7) is 7.76. The molecule has 110 valence electrons. The molecule has 1 nitrogen and oxygen atoms in total. The maximum atomic E-state index is 5.52. The third kappa shape index (κ3) is 4.95. The highest BCUT2D eigenvalue weighted by molar-refractivity contribution is 4.81. The summed E-state index contributed by atoms with van der Waals surface area (Å²) in [6, 6.07) is 0. The summed E-state index contributed by atoms with van der Waals surface area (Å²) < 4.78 is 5.52. The molecule has 2 aliphatic rings. The first-order chi connectivity index (χ1) is 9.29. The molecule has 2 fully saturated rings. The average Bonchev–Trinajstić information content (AvgIpc) is 2.45. The first-order valence-electron chi connectivity index (χ1n) is 8.48. The van der Waals surface area contributed by atoms with Gasteiger partial charge in [-0.3, -0.25) is 0 Å². The van der Waals surface area contributed by atoms with E-state index in [0.717, 1.165) is 36.9 Å². The van der Waals surface area contributed by atoms with E-state index in [9.17, 15) is 0 Å². The number of hydrogen-bond acceptors (Lipinski definition) is 1. The van der Waals surface area contributed by atoms with Gasteiger partial charge in [-0.25, -0.2) is 0 Å². The van der Waals surface area contributed by atoms with E-state index in [1.807, 2.05) is 6.08 Å². The molecule has 0 aromatic rings. The van der Waals surface area contributed by atoms with E-state index >= 15 is 0 Å². The van der Waals surface area contributed by atoms with Crippen LogP contribution in [-0.2, 0) is 4.74 Å². The summed E-state index contributed by atoms with van der Waals surface area (Å²) in [4.78, 5) is 0. The Morgan fingerprint density at radius 2 is 1.53 bits per heavy atom. The second kappa shape index (κ2) is 8.09. The largest absolute Gasteiger partial charge is 0.377 e. The smallest absolute Gasteiger partial charge is 0.0644 e. The number of hydrogen-bond donors (Lipinski definition) is 0. The molecule has 0 aromatic heterocycles. The minimum Gasteiger partial charge on any atom is -0.377 e. The van der Waals surface area contributed by atoms with E-state index in [-0.39, 0.29) is 0 Å². The predicted molar refractivity (Wildman–Crippen MR) is 82.2 cm³/mol. The van der Waals surface area contributed by atoms with Gasteiger partial charge in [-0.2, -0.15) is 0 Å². The van der Waals surface area contributed by atoms with Crippen LogP contribution in [0.4, 0.5) is 0 Å². The highest BCUT2D eigenvalue weighted by atomic mass is 16.5. The molecule has 1 heteroatoms. The van der Waals surface area contributed by atoms with Crippen molar-refractivity contribution in [3.63, 3.8) is 0 Å². The normalized spacial score (nSPS) is 36.1. The van der Waals surface area contributed by atoms with Crippen molar-refractivity contribution in [1.29, 1.82) is 0 Å². The summed E-state index contributed by atoms with van der Waals surface area (Å²) in [5.74, 6) is 4.05. The van der Waals surface area contributed by atoms with E-state index < -0.39 is 0 Å². The lowest BCUT2D eigenvalue weighted by Gasteiger charge is -2.37. The molecule has 0 heterocycles. The quantitative estimate of drug-likeness (QED) is 0.472. The van der Waals surface area contributed by atoms with Crippen LogP contribution in [0.5, 0.6) is 0 Å². The summed E-state index contributed by atoms with van der Waals surface area (Å²) >= 11 is 0. The van der Waals surface area contributed by atoms with E-state index in [1.54, 1.807) is 0 Å². The van der Waals surface area contributed by atoms with Crippen LogP contribution >= 0.6 is 0 Å². The van der Waals surface area contributed by atoms with E-state index in [1.165, 1.54) is 57.8 Å². The fourth-order valence-electron chi connectivity index (χ4n) is 4.12. The molecule has 0 radical (unpaired) electrons. The van der Waals surface area contributed by atoms with E-state index in [2.05, 4.69) is 13.5 Å². The van der Waals surface area contributed by atoms with Crippen LogP contribution in [0.2, 0.25) is 0 Å². The Labute approximate surface area is 119 Å². The molecule has 2 rings (SSSR count). The van der Waals surface area contributed by atoms with Gasteiger partial charge in [-0.05, 0) is 55.8 Å². The summed E-state index contributed by atoms with van der Waals surface area (Å²) in [5.41, 5.74) is 0. The maximum absolute atomic E-state index is 5.52. The van der Waals surface area contributed by atoms with Crippen molar-refractivity contribution in [3.8, 4) is 0 Å². The highest BCUT2D eigenvalue weighted by Crippen LogP contribution is 2.41. The minimum absolute atomic E-state index is 0.718. The number of rotatable bonds is 6. The van der Waals surface area contributed by atoms with Gasteiger partial charge in [0.1, 0.15) is 0 Å². The zero-order valence-electron chi connectivity index (χ0n) is 12.8. The maximum Gasteiger partial charge on any atom is 0.0644 e.